The van der Waals surface area contributed by atoms with Gasteiger partial charge in [-0.05, 0) is 18.2 Å². The van der Waals surface area contributed by atoms with Crippen LogP contribution in [0.1, 0.15) is 16.5 Å². The lowest BCUT2D eigenvalue weighted by molar-refractivity contribution is 0.197. The Morgan fingerprint density at radius 3 is 2.68 bits per heavy atom. The average molecular weight is 341 g/mol. The number of methoxy groups -OCH3 is 1. The van der Waals surface area contributed by atoms with E-state index < -0.39 is 0 Å². The zero-order valence-corrected chi connectivity index (χ0v) is 13.9. The summed E-state index contributed by atoms with van der Waals surface area (Å²) >= 11 is 7.69. The molecular formula is C16H18ClFN2OS. The number of benzene rings is 1. The normalized spacial score (nSPS) is 17.4. The highest BCUT2D eigenvalue weighted by molar-refractivity contribution is 7.16. The zero-order valence-electron chi connectivity index (χ0n) is 12.3. The first-order chi connectivity index (χ1) is 10.7. The van der Waals surface area contributed by atoms with E-state index in [-0.39, 0.29) is 11.9 Å². The van der Waals surface area contributed by atoms with E-state index in [0.717, 1.165) is 41.0 Å². The van der Waals surface area contributed by atoms with Crippen LogP contribution in [0.2, 0.25) is 4.34 Å². The molecule has 0 unspecified atom stereocenters. The van der Waals surface area contributed by atoms with Crippen molar-refractivity contribution in [1.29, 1.82) is 0 Å². The number of piperazine rings is 1. The molecule has 1 saturated heterocycles. The fourth-order valence-corrected chi connectivity index (χ4v) is 4.07. The van der Waals surface area contributed by atoms with E-state index in [2.05, 4.69) is 10.2 Å². The highest BCUT2D eigenvalue weighted by Crippen LogP contribution is 2.39. The summed E-state index contributed by atoms with van der Waals surface area (Å²) in [5, 5.41) is 3.36. The monoisotopic (exact) mass is 340 g/mol. The summed E-state index contributed by atoms with van der Waals surface area (Å²) < 4.78 is 19.7. The third-order valence-electron chi connectivity index (χ3n) is 3.87. The minimum atomic E-state index is -0.288. The Morgan fingerprint density at radius 2 is 2.05 bits per heavy atom. The molecule has 22 heavy (non-hydrogen) atoms. The Morgan fingerprint density at radius 1 is 1.27 bits per heavy atom. The number of rotatable bonds is 4. The van der Waals surface area contributed by atoms with Gasteiger partial charge in [-0.1, -0.05) is 17.7 Å². The molecule has 3 nitrogen and oxygen atoms in total. The quantitative estimate of drug-likeness (QED) is 0.921. The predicted molar refractivity (Wildman–Crippen MR) is 88.6 cm³/mol. The molecule has 1 atom stereocenters. The number of nitrogens with zero attached hydrogens (tertiary/aromatic N) is 1. The van der Waals surface area contributed by atoms with E-state index in [1.165, 1.54) is 12.1 Å². The largest absolute Gasteiger partial charge is 0.496 e. The first-order valence-corrected chi connectivity index (χ1v) is 8.42. The van der Waals surface area contributed by atoms with Crippen LogP contribution in [0.3, 0.4) is 0 Å². The number of hydrogen-bond donors (Lipinski definition) is 1. The summed E-state index contributed by atoms with van der Waals surface area (Å²) in [6.45, 7) is 3.75. The molecule has 0 spiro atoms. The molecule has 3 rings (SSSR count). The molecule has 1 fully saturated rings. The van der Waals surface area contributed by atoms with E-state index in [1.54, 1.807) is 18.4 Å². The summed E-state index contributed by atoms with van der Waals surface area (Å²) in [5.74, 6) is 0.289. The van der Waals surface area contributed by atoms with Gasteiger partial charge in [-0.2, -0.15) is 0 Å². The van der Waals surface area contributed by atoms with Crippen LogP contribution >= 0.6 is 22.9 Å². The smallest absolute Gasteiger partial charge is 0.126 e. The molecule has 1 N–H and O–H groups in total. The maximum Gasteiger partial charge on any atom is 0.126 e. The Bertz CT molecular complexity index is 643. The summed E-state index contributed by atoms with van der Waals surface area (Å²) in [4.78, 5) is 3.53. The summed E-state index contributed by atoms with van der Waals surface area (Å²) in [6.07, 6.45) is 0. The van der Waals surface area contributed by atoms with Crippen LogP contribution in [-0.2, 0) is 0 Å². The Kier molecular flexibility index (Phi) is 4.98. The van der Waals surface area contributed by atoms with Gasteiger partial charge in [0.15, 0.2) is 0 Å². The second-order valence-corrected chi connectivity index (χ2v) is 6.96. The second kappa shape index (κ2) is 6.96. The molecule has 0 saturated carbocycles. The number of nitrogens with one attached hydrogen (secondary N) is 1. The van der Waals surface area contributed by atoms with Crippen LogP contribution in [0.25, 0.3) is 0 Å². The molecule has 0 aliphatic carbocycles. The first-order valence-electron chi connectivity index (χ1n) is 7.22. The third kappa shape index (κ3) is 3.27. The molecule has 0 radical (unpaired) electrons. The van der Waals surface area contributed by atoms with Crippen LogP contribution < -0.4 is 10.1 Å². The lowest BCUT2D eigenvalue weighted by Crippen LogP contribution is -2.45. The number of thiophene rings is 1. The van der Waals surface area contributed by atoms with Crippen LogP contribution in [0.5, 0.6) is 5.75 Å². The van der Waals surface area contributed by atoms with Crippen LogP contribution in [0, 0.1) is 5.82 Å². The van der Waals surface area contributed by atoms with Crippen molar-refractivity contribution in [2.75, 3.05) is 33.3 Å². The van der Waals surface area contributed by atoms with Crippen molar-refractivity contribution < 1.29 is 9.13 Å². The van der Waals surface area contributed by atoms with Gasteiger partial charge >= 0.3 is 0 Å². The Labute approximate surface area is 138 Å². The topological polar surface area (TPSA) is 24.5 Å². The number of halogens is 2. The molecule has 1 aliphatic rings. The molecule has 1 aromatic carbocycles. The van der Waals surface area contributed by atoms with Crippen LogP contribution in [-0.4, -0.2) is 38.2 Å². The van der Waals surface area contributed by atoms with Crippen molar-refractivity contribution in [3.8, 4) is 5.75 Å². The van der Waals surface area contributed by atoms with E-state index in [4.69, 9.17) is 16.3 Å². The average Bonchev–Trinajstić information content (AvgIpc) is 2.96. The van der Waals surface area contributed by atoms with Gasteiger partial charge in [0.1, 0.15) is 11.6 Å². The number of ether oxygens (including phenoxy) is 1. The molecule has 0 bridgehead atoms. The maximum absolute atomic E-state index is 13.5. The Hall–Kier alpha value is -1.14. The zero-order chi connectivity index (χ0) is 15.5. The molecular weight excluding hydrogens is 323 g/mol. The van der Waals surface area contributed by atoms with Gasteiger partial charge in [-0.25, -0.2) is 4.39 Å². The molecule has 1 aliphatic heterocycles. The molecule has 1 aromatic heterocycles. The van der Waals surface area contributed by atoms with Crippen molar-refractivity contribution >= 4 is 22.9 Å². The van der Waals surface area contributed by atoms with Gasteiger partial charge in [-0.3, -0.25) is 4.90 Å². The van der Waals surface area contributed by atoms with Crippen molar-refractivity contribution in [1.82, 2.24) is 10.2 Å². The summed E-state index contributed by atoms with van der Waals surface area (Å²) in [7, 11) is 1.58. The van der Waals surface area contributed by atoms with Crippen LogP contribution in [0.4, 0.5) is 4.39 Å². The van der Waals surface area contributed by atoms with Crippen LogP contribution in [0.15, 0.2) is 30.3 Å². The third-order valence-corrected chi connectivity index (χ3v) is 5.15. The van der Waals surface area contributed by atoms with E-state index in [1.807, 2.05) is 18.2 Å². The highest BCUT2D eigenvalue weighted by Gasteiger charge is 2.27. The van der Waals surface area contributed by atoms with Gasteiger partial charge in [0.25, 0.3) is 0 Å². The lowest BCUT2D eigenvalue weighted by atomic mass is 10.0. The summed E-state index contributed by atoms with van der Waals surface area (Å²) in [6, 6.07) is 8.74. The molecule has 0 amide bonds. The van der Waals surface area contributed by atoms with Gasteiger partial charge < -0.3 is 10.1 Å². The Balaban J connectivity index is 2.04. The van der Waals surface area contributed by atoms with Crippen molar-refractivity contribution in [3.05, 3.63) is 50.9 Å². The SMILES string of the molecule is COc1cc(F)ccc1[C@H](c1ccc(Cl)s1)N1CCNCC1. The second-order valence-electron chi connectivity index (χ2n) is 5.22. The lowest BCUT2D eigenvalue weighted by Gasteiger charge is -2.35. The van der Waals surface area contributed by atoms with Gasteiger partial charge in [0.05, 0.1) is 17.5 Å². The van der Waals surface area contributed by atoms with Crippen molar-refractivity contribution in [3.63, 3.8) is 0 Å². The van der Waals surface area contributed by atoms with E-state index in [9.17, 15) is 4.39 Å². The van der Waals surface area contributed by atoms with Crippen molar-refractivity contribution in [2.45, 2.75) is 6.04 Å². The standard InChI is InChI=1S/C16H18ClFN2OS/c1-21-13-10-11(18)2-3-12(13)16(14-4-5-15(17)22-14)20-8-6-19-7-9-20/h2-5,10,16,19H,6-9H2,1H3/t16-/m1/s1. The summed E-state index contributed by atoms with van der Waals surface area (Å²) in [5.41, 5.74) is 0.976. The van der Waals surface area contributed by atoms with E-state index in [0.29, 0.717) is 5.75 Å². The molecule has 118 valence electrons. The fourth-order valence-electron chi connectivity index (χ4n) is 2.86. The van der Waals surface area contributed by atoms with Gasteiger partial charge in [-0.15, -0.1) is 11.3 Å². The van der Waals surface area contributed by atoms with Gasteiger partial charge in [0.2, 0.25) is 0 Å². The maximum atomic E-state index is 13.5. The predicted octanol–water partition coefficient (Wildman–Crippen LogP) is 3.54. The highest BCUT2D eigenvalue weighted by atomic mass is 35.5. The number of hydrogen-bond acceptors (Lipinski definition) is 4. The first kappa shape index (κ1) is 15.7. The fraction of sp³-hybridized carbons (Fsp3) is 0.375. The minimum absolute atomic E-state index is 0.0372. The van der Waals surface area contributed by atoms with E-state index >= 15 is 0 Å². The molecule has 6 heteroatoms. The van der Waals surface area contributed by atoms with Crippen molar-refractivity contribution in [2.24, 2.45) is 0 Å². The minimum Gasteiger partial charge on any atom is -0.496 e. The molecule has 2 aromatic rings. The van der Waals surface area contributed by atoms with Gasteiger partial charge in [0, 0.05) is 42.7 Å². The molecule has 2 heterocycles.